The summed E-state index contributed by atoms with van der Waals surface area (Å²) in [5, 5.41) is 5.61. The second-order valence-corrected chi connectivity index (χ2v) is 10.2. The number of nitrogens with zero attached hydrogens (tertiary/aromatic N) is 1. The van der Waals surface area contributed by atoms with Crippen molar-refractivity contribution in [2.45, 2.75) is 45.1 Å². The van der Waals surface area contributed by atoms with E-state index in [1.165, 1.54) is 22.5 Å². The Morgan fingerprint density at radius 3 is 2.00 bits per heavy atom. The molecular weight excluding hydrogens is 426 g/mol. The summed E-state index contributed by atoms with van der Waals surface area (Å²) in [7, 11) is -3.51. The molecule has 0 fully saturated rings. The molecule has 0 unspecified atom stereocenters. The second kappa shape index (κ2) is 10.6. The Bertz CT molecular complexity index is 1060. The van der Waals surface area contributed by atoms with Gasteiger partial charge in [-0.1, -0.05) is 26.0 Å². The van der Waals surface area contributed by atoms with Crippen LogP contribution in [-0.2, 0) is 14.8 Å². The smallest absolute Gasteiger partial charge is 0.251 e. The molecule has 2 aromatic rings. The van der Waals surface area contributed by atoms with Crippen LogP contribution in [0.5, 0.6) is 0 Å². The molecule has 8 heteroatoms. The average molecular weight is 458 g/mol. The molecule has 0 atom stereocenters. The molecule has 0 aliphatic heterocycles. The van der Waals surface area contributed by atoms with Crippen molar-refractivity contribution in [1.29, 1.82) is 0 Å². The number of benzene rings is 2. The number of nitrogens with one attached hydrogen (secondary N) is 2. The standard InChI is InChI=1S/C24H31N3O4S/c1-6-27(7-2)32(30,31)21-15-8-18(9-16-21)10-17-22(28)25-20-13-11-19(12-14-20)23(29)26-24(3,4)5/h8-17H,6-7H2,1-5H3,(H,25,28)(H,26,29)/b17-10+. The average Bonchev–Trinajstić information content (AvgIpc) is 2.72. The van der Waals surface area contributed by atoms with E-state index in [9.17, 15) is 18.0 Å². The van der Waals surface area contributed by atoms with Gasteiger partial charge in [-0.25, -0.2) is 8.42 Å². The van der Waals surface area contributed by atoms with Crippen LogP contribution in [0.15, 0.2) is 59.5 Å². The number of anilines is 1. The number of hydrogen-bond donors (Lipinski definition) is 2. The highest BCUT2D eigenvalue weighted by molar-refractivity contribution is 7.89. The first-order valence-electron chi connectivity index (χ1n) is 10.5. The molecule has 2 aromatic carbocycles. The Balaban J connectivity index is 2.00. The lowest BCUT2D eigenvalue weighted by Gasteiger charge is -2.20. The second-order valence-electron chi connectivity index (χ2n) is 8.26. The van der Waals surface area contributed by atoms with Gasteiger partial charge < -0.3 is 10.6 Å². The van der Waals surface area contributed by atoms with E-state index in [0.717, 1.165) is 0 Å². The van der Waals surface area contributed by atoms with Gasteiger partial charge in [0.25, 0.3) is 5.91 Å². The lowest BCUT2D eigenvalue weighted by atomic mass is 10.1. The van der Waals surface area contributed by atoms with Crippen molar-refractivity contribution in [3.8, 4) is 0 Å². The Morgan fingerprint density at radius 1 is 0.938 bits per heavy atom. The monoisotopic (exact) mass is 457 g/mol. The molecule has 0 aliphatic rings. The van der Waals surface area contributed by atoms with Crippen LogP contribution in [0.25, 0.3) is 6.08 Å². The van der Waals surface area contributed by atoms with E-state index >= 15 is 0 Å². The molecule has 2 rings (SSSR count). The molecule has 0 aliphatic carbocycles. The lowest BCUT2D eigenvalue weighted by molar-refractivity contribution is -0.111. The van der Waals surface area contributed by atoms with Crippen LogP contribution in [-0.4, -0.2) is 43.2 Å². The maximum Gasteiger partial charge on any atom is 0.251 e. The van der Waals surface area contributed by atoms with E-state index in [4.69, 9.17) is 0 Å². The maximum atomic E-state index is 12.5. The van der Waals surface area contributed by atoms with Crippen LogP contribution in [0.1, 0.15) is 50.5 Å². The first-order chi connectivity index (χ1) is 15.0. The molecule has 0 spiro atoms. The number of rotatable bonds is 8. The molecular formula is C24H31N3O4S. The molecule has 7 nitrogen and oxygen atoms in total. The van der Waals surface area contributed by atoms with E-state index in [2.05, 4.69) is 10.6 Å². The Kier molecular flexibility index (Phi) is 8.35. The fourth-order valence-electron chi connectivity index (χ4n) is 2.94. The number of carbonyl (C=O) groups excluding carboxylic acids is 2. The number of sulfonamides is 1. The molecule has 0 heterocycles. The number of hydrogen-bond acceptors (Lipinski definition) is 4. The van der Waals surface area contributed by atoms with Gasteiger partial charge in [0.2, 0.25) is 15.9 Å². The van der Waals surface area contributed by atoms with E-state index in [1.807, 2.05) is 20.8 Å². The van der Waals surface area contributed by atoms with Gasteiger partial charge in [0.05, 0.1) is 4.90 Å². The van der Waals surface area contributed by atoms with Crippen LogP contribution in [0.2, 0.25) is 0 Å². The minimum absolute atomic E-state index is 0.179. The van der Waals surface area contributed by atoms with Crippen molar-refractivity contribution >= 4 is 33.6 Å². The Hall–Kier alpha value is -2.97. The molecule has 32 heavy (non-hydrogen) atoms. The van der Waals surface area contributed by atoms with E-state index in [-0.39, 0.29) is 22.2 Å². The molecule has 172 valence electrons. The SMILES string of the molecule is CCN(CC)S(=O)(=O)c1ccc(/C=C/C(=O)Nc2ccc(C(=O)NC(C)(C)C)cc2)cc1. The summed E-state index contributed by atoms with van der Waals surface area (Å²) >= 11 is 0. The largest absolute Gasteiger partial charge is 0.347 e. The minimum atomic E-state index is -3.51. The van der Waals surface area contributed by atoms with Crippen LogP contribution in [0, 0.1) is 0 Å². The predicted octanol–water partition coefficient (Wildman–Crippen LogP) is 3.90. The first kappa shape index (κ1) is 25.3. The minimum Gasteiger partial charge on any atom is -0.347 e. The molecule has 2 N–H and O–H groups in total. The summed E-state index contributed by atoms with van der Waals surface area (Å²) in [5.74, 6) is -0.515. The maximum absolute atomic E-state index is 12.5. The summed E-state index contributed by atoms with van der Waals surface area (Å²) < 4.78 is 26.4. The van der Waals surface area contributed by atoms with Crippen LogP contribution in [0.4, 0.5) is 5.69 Å². The molecule has 0 radical (unpaired) electrons. The van der Waals surface area contributed by atoms with Crippen molar-refractivity contribution in [1.82, 2.24) is 9.62 Å². The third-order valence-electron chi connectivity index (χ3n) is 4.55. The number of carbonyl (C=O) groups is 2. The highest BCUT2D eigenvalue weighted by atomic mass is 32.2. The van der Waals surface area contributed by atoms with Gasteiger partial charge >= 0.3 is 0 Å². The molecule has 0 aromatic heterocycles. The van der Waals surface area contributed by atoms with Crippen molar-refractivity contribution in [3.63, 3.8) is 0 Å². The van der Waals surface area contributed by atoms with Gasteiger partial charge in [-0.05, 0) is 68.8 Å². The predicted molar refractivity (Wildman–Crippen MR) is 128 cm³/mol. The molecule has 0 saturated carbocycles. The van der Waals surface area contributed by atoms with Gasteiger partial charge in [-0.15, -0.1) is 0 Å². The summed E-state index contributed by atoms with van der Waals surface area (Å²) in [6, 6.07) is 13.0. The summed E-state index contributed by atoms with van der Waals surface area (Å²) in [6.07, 6.45) is 2.97. The quantitative estimate of drug-likeness (QED) is 0.588. The highest BCUT2D eigenvalue weighted by Crippen LogP contribution is 2.17. The molecule has 2 amide bonds. The van der Waals surface area contributed by atoms with E-state index in [1.54, 1.807) is 56.3 Å². The molecule has 0 saturated heterocycles. The summed E-state index contributed by atoms with van der Waals surface area (Å²) in [5.41, 5.74) is 1.44. The zero-order valence-corrected chi connectivity index (χ0v) is 20.0. The fraction of sp³-hybridized carbons (Fsp3) is 0.333. The fourth-order valence-corrected chi connectivity index (χ4v) is 4.40. The summed E-state index contributed by atoms with van der Waals surface area (Å²) in [6.45, 7) is 10.1. The molecule has 0 bridgehead atoms. The van der Waals surface area contributed by atoms with Gasteiger partial charge in [0.1, 0.15) is 0 Å². The zero-order valence-electron chi connectivity index (χ0n) is 19.2. The zero-order chi connectivity index (χ0) is 23.9. The van der Waals surface area contributed by atoms with E-state index < -0.39 is 10.0 Å². The Labute approximate surface area is 190 Å². The first-order valence-corrected chi connectivity index (χ1v) is 11.9. The van der Waals surface area contributed by atoms with E-state index in [0.29, 0.717) is 29.9 Å². The third-order valence-corrected chi connectivity index (χ3v) is 6.62. The Morgan fingerprint density at radius 2 is 1.50 bits per heavy atom. The van der Waals surface area contributed by atoms with Crippen molar-refractivity contribution in [2.24, 2.45) is 0 Å². The van der Waals surface area contributed by atoms with Crippen molar-refractivity contribution in [3.05, 3.63) is 65.7 Å². The number of amides is 2. The van der Waals surface area contributed by atoms with Crippen molar-refractivity contribution in [2.75, 3.05) is 18.4 Å². The normalized spacial score (nSPS) is 12.2. The van der Waals surface area contributed by atoms with Gasteiger partial charge in [0.15, 0.2) is 0 Å². The van der Waals surface area contributed by atoms with Gasteiger partial charge in [0, 0.05) is 36.0 Å². The topological polar surface area (TPSA) is 95.6 Å². The van der Waals surface area contributed by atoms with Gasteiger partial charge in [-0.2, -0.15) is 4.31 Å². The highest BCUT2D eigenvalue weighted by Gasteiger charge is 2.21. The van der Waals surface area contributed by atoms with Crippen LogP contribution >= 0.6 is 0 Å². The van der Waals surface area contributed by atoms with Crippen molar-refractivity contribution < 1.29 is 18.0 Å². The summed E-state index contributed by atoms with van der Waals surface area (Å²) in [4.78, 5) is 24.6. The van der Waals surface area contributed by atoms with Crippen LogP contribution < -0.4 is 10.6 Å². The van der Waals surface area contributed by atoms with Crippen LogP contribution in [0.3, 0.4) is 0 Å². The third kappa shape index (κ3) is 7.03. The lowest BCUT2D eigenvalue weighted by Crippen LogP contribution is -2.40. The van der Waals surface area contributed by atoms with Gasteiger partial charge in [-0.3, -0.25) is 9.59 Å².